The zero-order valence-electron chi connectivity index (χ0n) is 10.5. The van der Waals surface area contributed by atoms with Gasteiger partial charge in [0.05, 0.1) is 16.3 Å². The lowest BCUT2D eigenvalue weighted by molar-refractivity contribution is 0.0697. The molecule has 0 saturated heterocycles. The van der Waals surface area contributed by atoms with Crippen molar-refractivity contribution in [3.63, 3.8) is 0 Å². The monoisotopic (exact) mass is 275 g/mol. The molecule has 0 bridgehead atoms. The Morgan fingerprint density at radius 2 is 1.89 bits per heavy atom. The third-order valence-corrected chi connectivity index (χ3v) is 3.17. The third kappa shape index (κ3) is 2.88. The molecule has 4 heteroatoms. The van der Waals surface area contributed by atoms with Crippen molar-refractivity contribution >= 4 is 28.9 Å². The van der Waals surface area contributed by atoms with E-state index >= 15 is 0 Å². The van der Waals surface area contributed by atoms with E-state index in [0.717, 1.165) is 17.9 Å². The summed E-state index contributed by atoms with van der Waals surface area (Å²) in [6, 6.07) is 14.6. The van der Waals surface area contributed by atoms with Gasteiger partial charge < -0.3 is 10.0 Å². The van der Waals surface area contributed by atoms with Gasteiger partial charge in [-0.2, -0.15) is 0 Å². The smallest absolute Gasteiger partial charge is 0.335 e. The van der Waals surface area contributed by atoms with E-state index in [0.29, 0.717) is 5.02 Å². The minimum atomic E-state index is -0.976. The van der Waals surface area contributed by atoms with E-state index in [-0.39, 0.29) is 5.56 Å². The largest absolute Gasteiger partial charge is 0.478 e. The summed E-state index contributed by atoms with van der Waals surface area (Å²) in [5, 5.41) is 9.38. The van der Waals surface area contributed by atoms with Crippen LogP contribution >= 0.6 is 11.6 Å². The molecule has 0 aliphatic carbocycles. The van der Waals surface area contributed by atoms with E-state index in [1.54, 1.807) is 12.1 Å². The molecule has 2 rings (SSSR count). The zero-order valence-corrected chi connectivity index (χ0v) is 11.3. The zero-order chi connectivity index (χ0) is 13.8. The molecule has 0 saturated carbocycles. The molecule has 3 nitrogen and oxygen atoms in total. The topological polar surface area (TPSA) is 40.5 Å². The molecule has 0 heterocycles. The fraction of sp³-hybridized carbons (Fsp3) is 0.133. The van der Waals surface area contributed by atoms with E-state index in [2.05, 4.69) is 0 Å². The van der Waals surface area contributed by atoms with E-state index in [1.165, 1.54) is 6.07 Å². The average Bonchev–Trinajstić information content (AvgIpc) is 2.42. The molecule has 0 amide bonds. The van der Waals surface area contributed by atoms with Crippen LogP contribution in [0.3, 0.4) is 0 Å². The van der Waals surface area contributed by atoms with Crippen molar-refractivity contribution in [3.05, 3.63) is 59.1 Å². The number of carboxylic acid groups (broad SMARTS) is 1. The van der Waals surface area contributed by atoms with E-state index in [1.807, 2.05) is 42.2 Å². The van der Waals surface area contributed by atoms with Gasteiger partial charge in [0.25, 0.3) is 0 Å². The highest BCUT2D eigenvalue weighted by Gasteiger charge is 2.13. The number of anilines is 2. The maximum atomic E-state index is 10.9. The molecule has 0 atom stereocenters. The number of hydrogen-bond donors (Lipinski definition) is 1. The summed E-state index contributed by atoms with van der Waals surface area (Å²) in [4.78, 5) is 12.9. The first-order valence-electron chi connectivity index (χ1n) is 5.99. The van der Waals surface area contributed by atoms with Crippen LogP contribution in [0.5, 0.6) is 0 Å². The number of benzene rings is 2. The fourth-order valence-corrected chi connectivity index (χ4v) is 2.24. The number of halogens is 1. The molecule has 0 fully saturated rings. The Hall–Kier alpha value is -2.00. The van der Waals surface area contributed by atoms with Crippen LogP contribution in [0, 0.1) is 0 Å². The molecular weight excluding hydrogens is 262 g/mol. The highest BCUT2D eigenvalue weighted by atomic mass is 35.5. The Balaban J connectivity index is 2.42. The highest BCUT2D eigenvalue weighted by molar-refractivity contribution is 6.33. The first-order chi connectivity index (χ1) is 9.13. The van der Waals surface area contributed by atoms with Crippen molar-refractivity contribution in [3.8, 4) is 0 Å². The van der Waals surface area contributed by atoms with Crippen LogP contribution in [0.15, 0.2) is 48.5 Å². The van der Waals surface area contributed by atoms with Crippen molar-refractivity contribution in [1.29, 1.82) is 0 Å². The Bertz CT molecular complexity index is 584. The Labute approximate surface area is 117 Å². The van der Waals surface area contributed by atoms with Gasteiger partial charge >= 0.3 is 5.97 Å². The first kappa shape index (κ1) is 13.4. The fourth-order valence-electron chi connectivity index (χ4n) is 1.96. The number of para-hydroxylation sites is 1. The molecule has 98 valence electrons. The molecule has 0 spiro atoms. The standard InChI is InChI=1S/C15H14ClNO2/c1-2-17(12-6-4-3-5-7-12)14-9-8-11(15(18)19)10-13(14)16/h3-10H,2H2,1H3,(H,18,19). The van der Waals surface area contributed by atoms with Gasteiger partial charge in [-0.05, 0) is 37.3 Å². The van der Waals surface area contributed by atoms with Crippen LogP contribution in [0.2, 0.25) is 5.02 Å². The molecule has 1 N–H and O–H groups in total. The van der Waals surface area contributed by atoms with Gasteiger partial charge in [-0.3, -0.25) is 0 Å². The summed E-state index contributed by atoms with van der Waals surface area (Å²) in [5.74, 6) is -0.976. The van der Waals surface area contributed by atoms with Gasteiger partial charge in [-0.15, -0.1) is 0 Å². The Kier molecular flexibility index (Phi) is 4.07. The summed E-state index contributed by atoms with van der Waals surface area (Å²) in [7, 11) is 0. The SMILES string of the molecule is CCN(c1ccccc1)c1ccc(C(=O)O)cc1Cl. The number of nitrogens with zero attached hydrogens (tertiary/aromatic N) is 1. The predicted octanol–water partition coefficient (Wildman–Crippen LogP) is 4.20. The van der Waals surface area contributed by atoms with Gasteiger partial charge in [0, 0.05) is 12.2 Å². The number of aromatic carboxylic acids is 1. The van der Waals surface area contributed by atoms with Gasteiger partial charge in [-0.25, -0.2) is 4.79 Å². The second kappa shape index (κ2) is 5.76. The van der Waals surface area contributed by atoms with Gasteiger partial charge in [0.2, 0.25) is 0 Å². The van der Waals surface area contributed by atoms with Crippen LogP contribution in [-0.2, 0) is 0 Å². The highest BCUT2D eigenvalue weighted by Crippen LogP contribution is 2.32. The molecule has 2 aromatic rings. The van der Waals surface area contributed by atoms with Gasteiger partial charge in [-0.1, -0.05) is 29.8 Å². The molecule has 19 heavy (non-hydrogen) atoms. The normalized spacial score (nSPS) is 10.2. The molecule has 0 aliphatic heterocycles. The predicted molar refractivity (Wildman–Crippen MR) is 77.5 cm³/mol. The minimum Gasteiger partial charge on any atom is -0.478 e. The lowest BCUT2D eigenvalue weighted by atomic mass is 10.1. The number of carboxylic acids is 1. The van der Waals surface area contributed by atoms with Crippen molar-refractivity contribution in [2.75, 3.05) is 11.4 Å². The van der Waals surface area contributed by atoms with Crippen molar-refractivity contribution < 1.29 is 9.90 Å². The van der Waals surface area contributed by atoms with Crippen LogP contribution in [0.4, 0.5) is 11.4 Å². The molecular formula is C15H14ClNO2. The van der Waals surface area contributed by atoms with Gasteiger partial charge in [0.1, 0.15) is 0 Å². The van der Waals surface area contributed by atoms with Gasteiger partial charge in [0.15, 0.2) is 0 Å². The van der Waals surface area contributed by atoms with E-state index in [9.17, 15) is 4.79 Å². The Morgan fingerprint density at radius 3 is 2.42 bits per heavy atom. The van der Waals surface area contributed by atoms with Crippen molar-refractivity contribution in [1.82, 2.24) is 0 Å². The number of rotatable bonds is 4. The van der Waals surface area contributed by atoms with Crippen LogP contribution in [0.1, 0.15) is 17.3 Å². The summed E-state index contributed by atoms with van der Waals surface area (Å²) in [6.45, 7) is 2.77. The number of hydrogen-bond acceptors (Lipinski definition) is 2. The second-order valence-corrected chi connectivity index (χ2v) is 4.46. The molecule has 2 aromatic carbocycles. The number of carbonyl (C=O) groups is 1. The minimum absolute atomic E-state index is 0.192. The lowest BCUT2D eigenvalue weighted by Gasteiger charge is -2.24. The third-order valence-electron chi connectivity index (χ3n) is 2.87. The van der Waals surface area contributed by atoms with Crippen molar-refractivity contribution in [2.45, 2.75) is 6.92 Å². The van der Waals surface area contributed by atoms with E-state index < -0.39 is 5.97 Å². The molecule has 0 aromatic heterocycles. The maximum Gasteiger partial charge on any atom is 0.335 e. The average molecular weight is 276 g/mol. The van der Waals surface area contributed by atoms with Crippen molar-refractivity contribution in [2.24, 2.45) is 0 Å². The van der Waals surface area contributed by atoms with E-state index in [4.69, 9.17) is 16.7 Å². The molecule has 0 aliphatic rings. The van der Waals surface area contributed by atoms with Crippen LogP contribution in [-0.4, -0.2) is 17.6 Å². The molecule has 0 radical (unpaired) electrons. The maximum absolute atomic E-state index is 10.9. The van der Waals surface area contributed by atoms with Crippen LogP contribution in [0.25, 0.3) is 0 Å². The summed E-state index contributed by atoms with van der Waals surface area (Å²) in [6.07, 6.45) is 0. The Morgan fingerprint density at radius 1 is 1.21 bits per heavy atom. The molecule has 0 unspecified atom stereocenters. The second-order valence-electron chi connectivity index (χ2n) is 4.05. The quantitative estimate of drug-likeness (QED) is 0.909. The first-order valence-corrected chi connectivity index (χ1v) is 6.36. The summed E-state index contributed by atoms with van der Waals surface area (Å²) >= 11 is 6.19. The lowest BCUT2D eigenvalue weighted by Crippen LogP contribution is -2.16. The summed E-state index contributed by atoms with van der Waals surface area (Å²) < 4.78 is 0. The van der Waals surface area contributed by atoms with Crippen LogP contribution < -0.4 is 4.90 Å². The summed E-state index contributed by atoms with van der Waals surface area (Å²) in [5.41, 5.74) is 2.02.